The van der Waals surface area contributed by atoms with E-state index < -0.39 is 6.85 Å². The lowest BCUT2D eigenvalue weighted by Crippen LogP contribution is -2.32. The minimum absolute atomic E-state index is 0.211. The lowest BCUT2D eigenvalue weighted by molar-refractivity contribution is -0.663. The monoisotopic (exact) mass is 342 g/mol. The minimum atomic E-state index is -2.20. The van der Waals surface area contributed by atoms with E-state index in [1.165, 1.54) is 6.20 Å². The fourth-order valence-electron chi connectivity index (χ4n) is 3.86. The SMILES string of the molecule is [2H]C([2H])([2H])c1cnc(-c2c(C)c3ccccc3c3c2oc2ccccc23)[n+](C)c1. The van der Waals surface area contributed by atoms with E-state index in [0.29, 0.717) is 5.82 Å². The molecule has 126 valence electrons. The molecule has 26 heavy (non-hydrogen) atoms. The lowest BCUT2D eigenvalue weighted by Gasteiger charge is -2.09. The van der Waals surface area contributed by atoms with Crippen molar-refractivity contribution in [3.05, 3.63) is 72.1 Å². The van der Waals surface area contributed by atoms with Crippen molar-refractivity contribution in [1.29, 1.82) is 0 Å². The Labute approximate surface area is 155 Å². The van der Waals surface area contributed by atoms with Gasteiger partial charge in [0.2, 0.25) is 0 Å². The van der Waals surface area contributed by atoms with Crippen LogP contribution < -0.4 is 4.57 Å². The number of benzene rings is 3. The van der Waals surface area contributed by atoms with Gasteiger partial charge in [-0.05, 0) is 41.2 Å². The molecule has 0 saturated carbocycles. The van der Waals surface area contributed by atoms with Gasteiger partial charge >= 0.3 is 5.82 Å². The van der Waals surface area contributed by atoms with Gasteiger partial charge in [-0.25, -0.2) is 4.57 Å². The molecule has 5 aromatic rings. The molecule has 5 rings (SSSR count). The molecule has 0 aliphatic carbocycles. The highest BCUT2D eigenvalue weighted by atomic mass is 16.3. The van der Waals surface area contributed by atoms with Gasteiger partial charge in [0.25, 0.3) is 0 Å². The van der Waals surface area contributed by atoms with Crippen molar-refractivity contribution in [3.63, 3.8) is 0 Å². The molecule has 0 amide bonds. The first-order valence-corrected chi connectivity index (χ1v) is 8.55. The fraction of sp³-hybridized carbons (Fsp3) is 0.130. The van der Waals surface area contributed by atoms with E-state index in [4.69, 9.17) is 8.53 Å². The van der Waals surface area contributed by atoms with Crippen LogP contribution in [-0.2, 0) is 7.05 Å². The van der Waals surface area contributed by atoms with Crippen LogP contribution in [-0.4, -0.2) is 4.98 Å². The van der Waals surface area contributed by atoms with Crippen molar-refractivity contribution in [3.8, 4) is 11.4 Å². The van der Waals surface area contributed by atoms with Crippen molar-refractivity contribution < 1.29 is 13.1 Å². The molecule has 3 aromatic carbocycles. The molecule has 0 aliphatic rings. The second-order valence-electron chi connectivity index (χ2n) is 6.63. The maximum absolute atomic E-state index is 7.66. The molecule has 2 aromatic heterocycles. The number of nitrogens with zero attached hydrogens (tertiary/aromatic N) is 2. The average molecular weight is 342 g/mol. The van der Waals surface area contributed by atoms with E-state index in [1.54, 1.807) is 10.8 Å². The Hall–Kier alpha value is -3.20. The van der Waals surface area contributed by atoms with Crippen molar-refractivity contribution in [2.75, 3.05) is 0 Å². The van der Waals surface area contributed by atoms with Crippen LogP contribution >= 0.6 is 0 Å². The van der Waals surface area contributed by atoms with Crippen molar-refractivity contribution >= 4 is 32.7 Å². The smallest absolute Gasteiger partial charge is 0.334 e. The molecule has 0 N–H and O–H groups in total. The largest absolute Gasteiger partial charge is 0.455 e. The summed E-state index contributed by atoms with van der Waals surface area (Å²) in [5, 5.41) is 4.37. The molecule has 3 nitrogen and oxygen atoms in total. The molecule has 2 heterocycles. The van der Waals surface area contributed by atoms with E-state index in [9.17, 15) is 0 Å². The molecule has 0 saturated heterocycles. The quantitative estimate of drug-likeness (QED) is 0.390. The molecule has 0 aliphatic heterocycles. The first kappa shape index (κ1) is 12.2. The molecular formula is C23H19N2O+. The van der Waals surface area contributed by atoms with E-state index in [1.807, 2.05) is 37.4 Å². The normalized spacial score (nSPS) is 13.8. The zero-order valence-electron chi connectivity index (χ0n) is 17.6. The third-order valence-corrected chi connectivity index (χ3v) is 5.01. The Morgan fingerprint density at radius 3 is 2.50 bits per heavy atom. The van der Waals surface area contributed by atoms with Gasteiger partial charge in [0.1, 0.15) is 17.3 Å². The molecular weight excluding hydrogens is 320 g/mol. The number of hydrogen-bond donors (Lipinski definition) is 0. The van der Waals surface area contributed by atoms with Crippen LogP contribution in [0.25, 0.3) is 44.1 Å². The molecule has 0 fully saturated rings. The molecule has 0 unspecified atom stereocenters. The van der Waals surface area contributed by atoms with Gasteiger partial charge in [0.15, 0.2) is 5.58 Å². The molecule has 3 heteroatoms. The standard InChI is InChI=1S/C23H19N2O/c1-14-12-24-23(25(3)13-14)20-15(2)16-8-4-5-9-17(16)21-18-10-6-7-11-19(18)26-22(20)21/h4-13H,1-3H3/q+1/i1D3. The number of rotatable bonds is 1. The van der Waals surface area contributed by atoms with Crippen molar-refractivity contribution in [1.82, 2.24) is 4.98 Å². The van der Waals surface area contributed by atoms with Crippen LogP contribution in [0.5, 0.6) is 0 Å². The van der Waals surface area contributed by atoms with E-state index in [2.05, 4.69) is 30.1 Å². The summed E-state index contributed by atoms with van der Waals surface area (Å²) < 4.78 is 31.1. The number of fused-ring (bicyclic) bond motifs is 5. The van der Waals surface area contributed by atoms with E-state index >= 15 is 0 Å². The van der Waals surface area contributed by atoms with E-state index in [-0.39, 0.29) is 5.56 Å². The Morgan fingerprint density at radius 1 is 1.00 bits per heavy atom. The number of aromatic nitrogens is 2. The Bertz CT molecular complexity index is 1420. The molecule has 0 radical (unpaired) electrons. The predicted octanol–water partition coefficient (Wildman–Crippen LogP) is 5.24. The van der Waals surface area contributed by atoms with Gasteiger partial charge in [0, 0.05) is 20.4 Å². The number of para-hydroxylation sites is 1. The highest BCUT2D eigenvalue weighted by molar-refractivity contribution is 6.23. The predicted molar refractivity (Wildman–Crippen MR) is 105 cm³/mol. The van der Waals surface area contributed by atoms with Crippen LogP contribution in [0.4, 0.5) is 0 Å². The van der Waals surface area contributed by atoms with Gasteiger partial charge < -0.3 is 4.42 Å². The number of furan rings is 1. The summed E-state index contributed by atoms with van der Waals surface area (Å²) in [6, 6.07) is 16.3. The highest BCUT2D eigenvalue weighted by Gasteiger charge is 2.25. The maximum atomic E-state index is 7.66. The van der Waals surface area contributed by atoms with Crippen LogP contribution in [0.15, 0.2) is 65.3 Å². The zero-order chi connectivity index (χ0) is 20.3. The summed E-state index contributed by atoms with van der Waals surface area (Å²) in [5.74, 6) is 0.672. The van der Waals surface area contributed by atoms with Crippen LogP contribution in [0.3, 0.4) is 0 Å². The summed E-state index contributed by atoms with van der Waals surface area (Å²) in [5.41, 5.74) is 3.74. The first-order valence-electron chi connectivity index (χ1n) is 10.1. The lowest BCUT2D eigenvalue weighted by atomic mass is 9.94. The van der Waals surface area contributed by atoms with Gasteiger partial charge in [-0.2, -0.15) is 0 Å². The summed E-state index contributed by atoms with van der Waals surface area (Å²) in [6.07, 6.45) is 3.06. The van der Waals surface area contributed by atoms with Gasteiger partial charge in [-0.1, -0.05) is 42.5 Å². The van der Waals surface area contributed by atoms with Crippen LogP contribution in [0.1, 0.15) is 15.2 Å². The highest BCUT2D eigenvalue weighted by Crippen LogP contribution is 2.42. The van der Waals surface area contributed by atoms with Gasteiger partial charge in [-0.15, -0.1) is 0 Å². The Kier molecular flexibility index (Phi) is 2.53. The summed E-state index contributed by atoms with van der Waals surface area (Å²) in [7, 11) is 1.82. The number of hydrogen-bond acceptors (Lipinski definition) is 2. The molecule has 0 atom stereocenters. The van der Waals surface area contributed by atoms with Gasteiger partial charge in [0.05, 0.1) is 13.2 Å². The van der Waals surface area contributed by atoms with Crippen molar-refractivity contribution in [2.24, 2.45) is 7.05 Å². The minimum Gasteiger partial charge on any atom is -0.455 e. The summed E-state index contributed by atoms with van der Waals surface area (Å²) in [4.78, 5) is 4.55. The second-order valence-corrected chi connectivity index (χ2v) is 6.63. The second kappa shape index (κ2) is 5.40. The molecule has 0 spiro atoms. The van der Waals surface area contributed by atoms with Crippen molar-refractivity contribution in [2.45, 2.75) is 13.8 Å². The third-order valence-electron chi connectivity index (χ3n) is 5.01. The summed E-state index contributed by atoms with van der Waals surface area (Å²) >= 11 is 0. The fourth-order valence-corrected chi connectivity index (χ4v) is 3.86. The third kappa shape index (κ3) is 2.00. The average Bonchev–Trinajstić information content (AvgIpc) is 3.07. The Balaban J connectivity index is 1.95. The van der Waals surface area contributed by atoms with Crippen LogP contribution in [0.2, 0.25) is 0 Å². The zero-order valence-corrected chi connectivity index (χ0v) is 14.6. The Morgan fingerprint density at radius 2 is 1.73 bits per heavy atom. The first-order chi connectivity index (χ1) is 13.9. The molecule has 0 bridgehead atoms. The maximum Gasteiger partial charge on any atom is 0.334 e. The van der Waals surface area contributed by atoms with E-state index in [0.717, 1.165) is 43.8 Å². The van der Waals surface area contributed by atoms with Crippen LogP contribution in [0, 0.1) is 13.8 Å². The summed E-state index contributed by atoms with van der Waals surface area (Å²) in [6.45, 7) is -0.139. The number of aryl methyl sites for hydroxylation is 3. The topological polar surface area (TPSA) is 29.9 Å². The van der Waals surface area contributed by atoms with Gasteiger partial charge in [-0.3, -0.25) is 0 Å².